The van der Waals surface area contributed by atoms with Crippen LogP contribution in [0, 0.1) is 0 Å². The van der Waals surface area contributed by atoms with Crippen molar-refractivity contribution in [3.8, 4) is 0 Å². The fourth-order valence-electron chi connectivity index (χ4n) is 3.22. The molecule has 0 amide bonds. The van der Waals surface area contributed by atoms with E-state index in [4.69, 9.17) is 11.6 Å². The normalized spacial score (nSPS) is 17.6. The van der Waals surface area contributed by atoms with E-state index in [1.165, 1.54) is 5.69 Å². The standard InChI is InChI=1S/C18H18ClN3O/c19-14-8-6-13(7-9-14)17(23)12-22-16-5-2-1-4-15(16)21-11-3-10-20-18(21)22/h1-2,4-9,17,23H,3,10-12H2/t17-/m0/s1. The molecular weight excluding hydrogens is 310 g/mol. The number of β-amino-alcohol motifs (C(OH)–C–C–N with tert-alkyl or cyclic N) is 1. The van der Waals surface area contributed by atoms with E-state index < -0.39 is 6.10 Å². The van der Waals surface area contributed by atoms with Gasteiger partial charge in [-0.05, 0) is 36.2 Å². The lowest BCUT2D eigenvalue weighted by molar-refractivity contribution is 0.187. The van der Waals surface area contributed by atoms with Crippen LogP contribution >= 0.6 is 11.6 Å². The second-order valence-corrected chi connectivity index (χ2v) is 6.29. The van der Waals surface area contributed by atoms with Gasteiger partial charge in [0.15, 0.2) is 0 Å². The minimum Gasteiger partial charge on any atom is -0.387 e. The van der Waals surface area contributed by atoms with E-state index in [9.17, 15) is 5.11 Å². The Kier molecular flexibility index (Phi) is 3.71. The highest BCUT2D eigenvalue weighted by atomic mass is 35.5. The fourth-order valence-corrected chi connectivity index (χ4v) is 3.35. The van der Waals surface area contributed by atoms with Crippen molar-refractivity contribution in [3.05, 3.63) is 59.1 Å². The predicted molar refractivity (Wildman–Crippen MR) is 94.5 cm³/mol. The third-order valence-electron chi connectivity index (χ3n) is 4.35. The second-order valence-electron chi connectivity index (χ2n) is 5.85. The van der Waals surface area contributed by atoms with Gasteiger partial charge in [-0.2, -0.15) is 0 Å². The molecule has 23 heavy (non-hydrogen) atoms. The molecule has 0 unspecified atom stereocenters. The third-order valence-corrected chi connectivity index (χ3v) is 4.60. The summed E-state index contributed by atoms with van der Waals surface area (Å²) in [5, 5.41) is 11.3. The Labute approximate surface area is 140 Å². The predicted octanol–water partition coefficient (Wildman–Crippen LogP) is 3.46. The molecule has 0 saturated heterocycles. The van der Waals surface area contributed by atoms with Crippen molar-refractivity contribution in [3.63, 3.8) is 0 Å². The van der Waals surface area contributed by atoms with Crippen molar-refractivity contribution >= 4 is 28.9 Å². The molecule has 0 bridgehead atoms. The van der Waals surface area contributed by atoms with Crippen LogP contribution in [0.4, 0.5) is 11.4 Å². The van der Waals surface area contributed by atoms with Gasteiger partial charge in [0.1, 0.15) is 0 Å². The van der Waals surface area contributed by atoms with Gasteiger partial charge in [-0.15, -0.1) is 0 Å². The zero-order chi connectivity index (χ0) is 15.8. The van der Waals surface area contributed by atoms with Gasteiger partial charge in [-0.3, -0.25) is 4.99 Å². The van der Waals surface area contributed by atoms with Gasteiger partial charge >= 0.3 is 0 Å². The van der Waals surface area contributed by atoms with Gasteiger partial charge in [-0.25, -0.2) is 0 Å². The van der Waals surface area contributed by atoms with Crippen LogP contribution in [0.5, 0.6) is 0 Å². The Morgan fingerprint density at radius 1 is 1.09 bits per heavy atom. The maximum atomic E-state index is 10.6. The molecule has 0 fully saturated rings. The average molecular weight is 328 g/mol. The molecular formula is C18H18ClN3O. The third kappa shape index (κ3) is 2.58. The summed E-state index contributed by atoms with van der Waals surface area (Å²) in [5.41, 5.74) is 3.15. The highest BCUT2D eigenvalue weighted by Gasteiger charge is 2.34. The number of halogens is 1. The second kappa shape index (κ2) is 5.87. The van der Waals surface area contributed by atoms with Crippen molar-refractivity contribution < 1.29 is 5.11 Å². The van der Waals surface area contributed by atoms with E-state index in [1.54, 1.807) is 0 Å². The van der Waals surface area contributed by atoms with Crippen LogP contribution in [0.3, 0.4) is 0 Å². The minimum absolute atomic E-state index is 0.480. The number of rotatable bonds is 3. The van der Waals surface area contributed by atoms with Crippen LogP contribution in [0.15, 0.2) is 53.5 Å². The Morgan fingerprint density at radius 2 is 1.83 bits per heavy atom. The number of aliphatic hydroxyl groups is 1. The maximum Gasteiger partial charge on any atom is 0.205 e. The molecule has 2 aromatic rings. The van der Waals surface area contributed by atoms with Crippen LogP contribution in [0.25, 0.3) is 0 Å². The van der Waals surface area contributed by atoms with E-state index in [0.717, 1.165) is 36.7 Å². The van der Waals surface area contributed by atoms with Crippen molar-refractivity contribution in [2.45, 2.75) is 12.5 Å². The van der Waals surface area contributed by atoms with Crippen LogP contribution in [0.1, 0.15) is 18.1 Å². The van der Waals surface area contributed by atoms with Gasteiger partial charge in [0.05, 0.1) is 24.0 Å². The number of hydrogen-bond acceptors (Lipinski definition) is 4. The Morgan fingerprint density at radius 3 is 2.61 bits per heavy atom. The molecule has 2 aromatic carbocycles. The van der Waals surface area contributed by atoms with Gasteiger partial charge in [-0.1, -0.05) is 35.9 Å². The first-order valence-electron chi connectivity index (χ1n) is 7.86. The molecule has 0 aromatic heterocycles. The smallest absolute Gasteiger partial charge is 0.205 e. The molecule has 0 aliphatic carbocycles. The lowest BCUT2D eigenvalue weighted by Gasteiger charge is -2.28. The number of anilines is 2. The van der Waals surface area contributed by atoms with Crippen molar-refractivity contribution in [2.75, 3.05) is 29.4 Å². The number of aliphatic imine (C=N–C) groups is 1. The van der Waals surface area contributed by atoms with Crippen molar-refractivity contribution in [1.29, 1.82) is 0 Å². The molecule has 2 aliphatic heterocycles. The summed E-state index contributed by atoms with van der Waals surface area (Å²) in [4.78, 5) is 9.05. The Hall–Kier alpha value is -2.04. The maximum absolute atomic E-state index is 10.6. The molecule has 2 aliphatic rings. The van der Waals surface area contributed by atoms with Crippen molar-refractivity contribution in [2.24, 2.45) is 4.99 Å². The average Bonchev–Trinajstić information content (AvgIpc) is 2.90. The number of aliphatic hydroxyl groups excluding tert-OH is 1. The zero-order valence-corrected chi connectivity index (χ0v) is 13.4. The molecule has 5 heteroatoms. The molecule has 2 heterocycles. The first kappa shape index (κ1) is 14.5. The summed E-state index contributed by atoms with van der Waals surface area (Å²) >= 11 is 5.93. The van der Waals surface area contributed by atoms with E-state index in [-0.39, 0.29) is 0 Å². The SMILES string of the molecule is O[C@@H](CN1C2=NCCCN2c2ccccc21)c1ccc(Cl)cc1. The molecule has 0 spiro atoms. The number of guanidine groups is 1. The topological polar surface area (TPSA) is 39.1 Å². The molecule has 0 saturated carbocycles. The van der Waals surface area contributed by atoms with E-state index in [2.05, 4.69) is 26.9 Å². The van der Waals surface area contributed by atoms with E-state index >= 15 is 0 Å². The first-order valence-corrected chi connectivity index (χ1v) is 8.24. The van der Waals surface area contributed by atoms with Crippen LogP contribution in [-0.4, -0.2) is 30.7 Å². The van der Waals surface area contributed by atoms with E-state index in [0.29, 0.717) is 11.6 Å². The molecule has 118 valence electrons. The van der Waals surface area contributed by atoms with Gasteiger partial charge in [0, 0.05) is 18.1 Å². The minimum atomic E-state index is -0.593. The lowest BCUT2D eigenvalue weighted by Crippen LogP contribution is -2.43. The Bertz CT molecular complexity index is 744. The molecule has 4 nitrogen and oxygen atoms in total. The number of fused-ring (bicyclic) bond motifs is 3. The number of benzene rings is 2. The summed E-state index contributed by atoms with van der Waals surface area (Å²) in [7, 11) is 0. The highest BCUT2D eigenvalue weighted by Crippen LogP contribution is 2.39. The first-order chi connectivity index (χ1) is 11.2. The summed E-state index contributed by atoms with van der Waals surface area (Å²) in [6.45, 7) is 2.30. The molecule has 1 N–H and O–H groups in total. The number of hydrogen-bond donors (Lipinski definition) is 1. The molecule has 0 radical (unpaired) electrons. The number of nitrogens with zero attached hydrogens (tertiary/aromatic N) is 3. The van der Waals surface area contributed by atoms with Crippen LogP contribution in [-0.2, 0) is 0 Å². The monoisotopic (exact) mass is 327 g/mol. The number of para-hydroxylation sites is 2. The largest absolute Gasteiger partial charge is 0.387 e. The van der Waals surface area contributed by atoms with Crippen LogP contribution < -0.4 is 9.80 Å². The summed E-state index contributed by atoms with van der Waals surface area (Å²) in [6, 6.07) is 15.6. The molecule has 4 rings (SSSR count). The van der Waals surface area contributed by atoms with Gasteiger partial charge < -0.3 is 14.9 Å². The van der Waals surface area contributed by atoms with Crippen LogP contribution in [0.2, 0.25) is 5.02 Å². The van der Waals surface area contributed by atoms with Gasteiger partial charge in [0.25, 0.3) is 0 Å². The highest BCUT2D eigenvalue weighted by molar-refractivity contribution is 6.30. The van der Waals surface area contributed by atoms with E-state index in [1.807, 2.05) is 36.4 Å². The Balaban J connectivity index is 1.65. The zero-order valence-electron chi connectivity index (χ0n) is 12.7. The quantitative estimate of drug-likeness (QED) is 0.938. The summed E-state index contributed by atoms with van der Waals surface area (Å²) in [6.07, 6.45) is 0.468. The van der Waals surface area contributed by atoms with Crippen molar-refractivity contribution in [1.82, 2.24) is 0 Å². The summed E-state index contributed by atoms with van der Waals surface area (Å²) in [5.74, 6) is 0.950. The lowest BCUT2D eigenvalue weighted by atomic mass is 10.1. The van der Waals surface area contributed by atoms with Gasteiger partial charge in [0.2, 0.25) is 5.96 Å². The molecule has 1 atom stereocenters. The fraction of sp³-hybridized carbons (Fsp3) is 0.278. The summed E-state index contributed by atoms with van der Waals surface area (Å²) < 4.78 is 0.